The highest BCUT2D eigenvalue weighted by molar-refractivity contribution is 7.15. The molecule has 0 amide bonds. The van der Waals surface area contributed by atoms with E-state index in [0.29, 0.717) is 13.2 Å². The number of thiazole rings is 1. The number of nitrogens with zero attached hydrogens (tertiary/aromatic N) is 1. The fourth-order valence-corrected chi connectivity index (χ4v) is 3.01. The van der Waals surface area contributed by atoms with Crippen molar-refractivity contribution in [3.8, 4) is 16.3 Å². The van der Waals surface area contributed by atoms with E-state index in [1.54, 1.807) is 18.4 Å². The van der Waals surface area contributed by atoms with Crippen molar-refractivity contribution in [2.45, 2.75) is 20.1 Å². The molecular weight excluding hydrogens is 272 g/mol. The van der Waals surface area contributed by atoms with E-state index >= 15 is 0 Å². The fraction of sp³-hybridized carbons (Fsp3) is 0.400. The first-order valence-corrected chi connectivity index (χ1v) is 7.45. The third-order valence-electron chi connectivity index (χ3n) is 2.79. The number of hydrogen-bond acceptors (Lipinski definition) is 5. The Kier molecular flexibility index (Phi) is 5.52. The molecule has 4 nitrogen and oxygen atoms in total. The van der Waals surface area contributed by atoms with Crippen LogP contribution in [0.3, 0.4) is 0 Å². The van der Waals surface area contributed by atoms with Gasteiger partial charge in [0.05, 0.1) is 18.9 Å². The molecule has 20 heavy (non-hydrogen) atoms. The van der Waals surface area contributed by atoms with Crippen LogP contribution in [0.1, 0.15) is 17.5 Å². The van der Waals surface area contributed by atoms with Crippen LogP contribution in [0.25, 0.3) is 10.6 Å². The molecule has 2 aromatic rings. The van der Waals surface area contributed by atoms with E-state index in [1.807, 2.05) is 32.2 Å². The Hall–Kier alpha value is -1.43. The number of hydrogen-bond donors (Lipinski definition) is 1. The van der Waals surface area contributed by atoms with Crippen LogP contribution in [0.4, 0.5) is 0 Å². The maximum Gasteiger partial charge on any atom is 0.124 e. The van der Waals surface area contributed by atoms with Crippen LogP contribution in [-0.4, -0.2) is 25.7 Å². The van der Waals surface area contributed by atoms with Gasteiger partial charge in [0, 0.05) is 24.1 Å². The second kappa shape index (κ2) is 7.38. The number of benzene rings is 1. The predicted octanol–water partition coefficient (Wildman–Crippen LogP) is 3.07. The summed E-state index contributed by atoms with van der Waals surface area (Å²) in [5, 5.41) is 4.17. The molecule has 0 aliphatic heterocycles. The molecule has 0 aliphatic rings. The van der Waals surface area contributed by atoms with Crippen molar-refractivity contribution in [3.05, 3.63) is 34.8 Å². The van der Waals surface area contributed by atoms with Crippen molar-refractivity contribution in [3.63, 3.8) is 0 Å². The molecule has 0 bridgehead atoms. The molecule has 1 N–H and O–H groups in total. The monoisotopic (exact) mass is 292 g/mol. The molecule has 0 unspecified atom stereocenters. The minimum absolute atomic E-state index is 0.540. The first-order valence-electron chi connectivity index (χ1n) is 6.63. The molecule has 0 spiro atoms. The summed E-state index contributed by atoms with van der Waals surface area (Å²) in [6.07, 6.45) is 0. The zero-order valence-electron chi connectivity index (χ0n) is 12.1. The van der Waals surface area contributed by atoms with Crippen LogP contribution >= 0.6 is 11.3 Å². The molecule has 0 saturated carbocycles. The van der Waals surface area contributed by atoms with E-state index < -0.39 is 0 Å². The molecule has 1 aromatic carbocycles. The van der Waals surface area contributed by atoms with E-state index in [-0.39, 0.29) is 0 Å². The first kappa shape index (κ1) is 15.0. The van der Waals surface area contributed by atoms with E-state index in [0.717, 1.165) is 28.6 Å². The summed E-state index contributed by atoms with van der Waals surface area (Å²) in [6.45, 7) is 4.00. The number of aromatic nitrogens is 1. The van der Waals surface area contributed by atoms with Gasteiger partial charge in [0.15, 0.2) is 0 Å². The molecule has 5 heteroatoms. The number of rotatable bonds is 7. The van der Waals surface area contributed by atoms with E-state index in [4.69, 9.17) is 9.47 Å². The standard InChI is InChI=1S/C15H20N2O2S/c1-4-19-12-7-5-6-11(8-12)15-17-13(10-18-3)14(20-15)9-16-2/h5-8,16H,4,9-10H2,1-3H3. The predicted molar refractivity (Wildman–Crippen MR) is 82.2 cm³/mol. The van der Waals surface area contributed by atoms with Gasteiger partial charge in [-0.1, -0.05) is 12.1 Å². The van der Waals surface area contributed by atoms with Gasteiger partial charge in [-0.15, -0.1) is 11.3 Å². The second-order valence-corrected chi connectivity index (χ2v) is 5.40. The molecule has 0 radical (unpaired) electrons. The highest BCUT2D eigenvalue weighted by Crippen LogP contribution is 2.30. The topological polar surface area (TPSA) is 43.4 Å². The maximum atomic E-state index is 5.54. The van der Waals surface area contributed by atoms with Crippen LogP contribution < -0.4 is 10.1 Å². The quantitative estimate of drug-likeness (QED) is 0.851. The molecule has 1 heterocycles. The van der Waals surface area contributed by atoms with Gasteiger partial charge in [-0.05, 0) is 26.1 Å². The largest absolute Gasteiger partial charge is 0.494 e. The summed E-state index contributed by atoms with van der Waals surface area (Å²) in [5.74, 6) is 0.878. The lowest BCUT2D eigenvalue weighted by molar-refractivity contribution is 0.181. The molecule has 2 rings (SSSR count). The number of nitrogens with one attached hydrogen (secondary N) is 1. The van der Waals surface area contributed by atoms with Gasteiger partial charge in [0.2, 0.25) is 0 Å². The Balaban J connectivity index is 2.31. The third-order valence-corrected chi connectivity index (χ3v) is 3.94. The lowest BCUT2D eigenvalue weighted by Crippen LogP contribution is -2.06. The van der Waals surface area contributed by atoms with E-state index in [2.05, 4.69) is 16.4 Å². The molecule has 0 saturated heterocycles. The number of ether oxygens (including phenoxy) is 2. The summed E-state index contributed by atoms with van der Waals surface area (Å²) < 4.78 is 10.8. The summed E-state index contributed by atoms with van der Waals surface area (Å²) in [5.41, 5.74) is 2.09. The van der Waals surface area contributed by atoms with Crippen molar-refractivity contribution in [1.29, 1.82) is 0 Å². The van der Waals surface area contributed by atoms with Gasteiger partial charge in [-0.3, -0.25) is 0 Å². The highest BCUT2D eigenvalue weighted by atomic mass is 32.1. The lowest BCUT2D eigenvalue weighted by atomic mass is 10.2. The zero-order chi connectivity index (χ0) is 14.4. The zero-order valence-corrected chi connectivity index (χ0v) is 12.9. The van der Waals surface area contributed by atoms with Gasteiger partial charge in [0.1, 0.15) is 10.8 Å². The average molecular weight is 292 g/mol. The molecular formula is C15H20N2O2S. The maximum absolute atomic E-state index is 5.54. The average Bonchev–Trinajstić information content (AvgIpc) is 2.84. The van der Waals surface area contributed by atoms with Gasteiger partial charge in [-0.25, -0.2) is 4.98 Å². The Bertz CT molecular complexity index is 531. The second-order valence-electron chi connectivity index (χ2n) is 4.31. The smallest absolute Gasteiger partial charge is 0.124 e. The summed E-state index contributed by atoms with van der Waals surface area (Å²) in [4.78, 5) is 5.90. The van der Waals surface area contributed by atoms with Crippen LogP contribution in [0.15, 0.2) is 24.3 Å². The fourth-order valence-electron chi connectivity index (χ4n) is 1.94. The number of methoxy groups -OCH3 is 1. The summed E-state index contributed by atoms with van der Waals surface area (Å²) in [6, 6.07) is 8.05. The minimum atomic E-state index is 0.540. The van der Waals surface area contributed by atoms with Gasteiger partial charge in [-0.2, -0.15) is 0 Å². The van der Waals surface area contributed by atoms with Gasteiger partial charge in [0.25, 0.3) is 0 Å². The van der Waals surface area contributed by atoms with E-state index in [1.165, 1.54) is 4.88 Å². The SMILES string of the molecule is CCOc1cccc(-c2nc(COC)c(CNC)s2)c1. The van der Waals surface area contributed by atoms with Gasteiger partial charge >= 0.3 is 0 Å². The lowest BCUT2D eigenvalue weighted by Gasteiger charge is -2.03. The van der Waals surface area contributed by atoms with Crippen molar-refractivity contribution < 1.29 is 9.47 Å². The molecule has 0 aliphatic carbocycles. The Morgan fingerprint density at radius 1 is 1.35 bits per heavy atom. The minimum Gasteiger partial charge on any atom is -0.494 e. The third kappa shape index (κ3) is 3.56. The molecule has 0 atom stereocenters. The van der Waals surface area contributed by atoms with Crippen molar-refractivity contribution in [2.75, 3.05) is 20.8 Å². The molecule has 1 aromatic heterocycles. The summed E-state index contributed by atoms with van der Waals surface area (Å²) >= 11 is 1.69. The molecule has 108 valence electrons. The highest BCUT2D eigenvalue weighted by Gasteiger charge is 2.12. The summed E-state index contributed by atoms with van der Waals surface area (Å²) in [7, 11) is 3.63. The molecule has 0 fully saturated rings. The van der Waals surface area contributed by atoms with Crippen LogP contribution in [0, 0.1) is 0 Å². The van der Waals surface area contributed by atoms with Crippen molar-refractivity contribution in [1.82, 2.24) is 10.3 Å². The Morgan fingerprint density at radius 3 is 2.90 bits per heavy atom. The Morgan fingerprint density at radius 2 is 2.20 bits per heavy atom. The van der Waals surface area contributed by atoms with Crippen LogP contribution in [0.2, 0.25) is 0 Å². The van der Waals surface area contributed by atoms with Crippen molar-refractivity contribution >= 4 is 11.3 Å². The first-order chi connectivity index (χ1) is 9.78. The van der Waals surface area contributed by atoms with Gasteiger partial charge < -0.3 is 14.8 Å². The van der Waals surface area contributed by atoms with Crippen molar-refractivity contribution in [2.24, 2.45) is 0 Å². The van der Waals surface area contributed by atoms with E-state index in [9.17, 15) is 0 Å². The van der Waals surface area contributed by atoms with Crippen LogP contribution in [-0.2, 0) is 17.9 Å². The Labute approximate surface area is 123 Å². The normalized spacial score (nSPS) is 10.8. The van der Waals surface area contributed by atoms with Crippen LogP contribution in [0.5, 0.6) is 5.75 Å².